The zero-order chi connectivity index (χ0) is 30.1. The summed E-state index contributed by atoms with van der Waals surface area (Å²) in [7, 11) is 1.85. The van der Waals surface area contributed by atoms with Crippen molar-refractivity contribution in [1.82, 2.24) is 15.2 Å². The van der Waals surface area contributed by atoms with Gasteiger partial charge in [0.1, 0.15) is 30.2 Å². The Bertz CT molecular complexity index is 1600. The van der Waals surface area contributed by atoms with Gasteiger partial charge in [-0.2, -0.15) is 0 Å². The van der Waals surface area contributed by atoms with Crippen molar-refractivity contribution in [2.45, 2.75) is 31.3 Å². The van der Waals surface area contributed by atoms with Crippen LogP contribution in [0.2, 0.25) is 0 Å². The van der Waals surface area contributed by atoms with Crippen LogP contribution in [-0.2, 0) is 35.9 Å². The largest absolute Gasteiger partial charge is 0.479 e. The molecule has 2 aromatic rings. The van der Waals surface area contributed by atoms with Crippen molar-refractivity contribution in [3.63, 3.8) is 0 Å². The maximum absolute atomic E-state index is 13.2. The second-order valence-corrected chi connectivity index (χ2v) is 10.6. The van der Waals surface area contributed by atoms with Crippen LogP contribution in [-0.4, -0.2) is 80.7 Å². The molecule has 0 aliphatic carbocycles. The van der Waals surface area contributed by atoms with E-state index in [-0.39, 0.29) is 34.6 Å². The summed E-state index contributed by atoms with van der Waals surface area (Å²) in [6.07, 6.45) is 6.21. The third-order valence-corrected chi connectivity index (χ3v) is 7.67. The highest BCUT2D eigenvalue weighted by Crippen LogP contribution is 2.38. The molecule has 0 aromatic carbocycles. The van der Waals surface area contributed by atoms with Gasteiger partial charge in [0.25, 0.3) is 17.7 Å². The van der Waals surface area contributed by atoms with Crippen LogP contribution < -0.4 is 20.5 Å². The van der Waals surface area contributed by atoms with E-state index in [0.29, 0.717) is 30.5 Å². The maximum Gasteiger partial charge on any atom is 0.352 e. The molecule has 218 valence electrons. The topological polar surface area (TPSA) is 209 Å². The van der Waals surface area contributed by atoms with Crippen LogP contribution in [0.1, 0.15) is 25.0 Å². The van der Waals surface area contributed by atoms with Crippen molar-refractivity contribution in [2.75, 3.05) is 23.8 Å². The van der Waals surface area contributed by atoms with Crippen LogP contribution in [0.15, 0.2) is 58.0 Å². The number of hydrogen-bond donors (Lipinski definition) is 4. The van der Waals surface area contributed by atoms with Gasteiger partial charge in [-0.15, -0.1) is 11.3 Å². The Morgan fingerprint density at radius 2 is 2.10 bits per heavy atom. The molecule has 2 aromatic heterocycles. The molecule has 0 radical (unpaired) electrons. The molecule has 42 heavy (non-hydrogen) atoms. The number of anilines is 2. The number of allylic oxidation sites excluding steroid dienone is 2. The highest BCUT2D eigenvalue weighted by Gasteiger charge is 2.53. The standard InChI is InChI=1S/C26H25N7O8S/c1-31-7-2-3-15(10-31)32-8-6-14(23(32)37)9-13-4-5-17-20(24(38)33(17)21(13)25(39)40)29-22(36)19(30-41-11-18(34)35)16-12-42-26(27)28-16/h2-3,7,9-10,12,17,20H,4-6,8,11H2,1H3,(H4-,27,28,29,34,35,36,39,40)/p+1/b14-9+,30-19-/t17-,20+/m1/s1. The molecule has 2 fully saturated rings. The summed E-state index contributed by atoms with van der Waals surface area (Å²) >= 11 is 1.02. The van der Waals surface area contributed by atoms with Gasteiger partial charge in [-0.3, -0.25) is 19.3 Å². The number of thiazole rings is 1. The number of rotatable bonds is 9. The van der Waals surface area contributed by atoms with Crippen LogP contribution >= 0.6 is 11.3 Å². The fourth-order valence-electron chi connectivity index (χ4n) is 5.13. The highest BCUT2D eigenvalue weighted by atomic mass is 32.1. The molecule has 2 saturated heterocycles. The molecule has 2 atom stereocenters. The molecule has 16 heteroatoms. The monoisotopic (exact) mass is 596 g/mol. The summed E-state index contributed by atoms with van der Waals surface area (Å²) < 4.78 is 1.82. The lowest BCUT2D eigenvalue weighted by molar-refractivity contribution is -0.670. The van der Waals surface area contributed by atoms with E-state index in [1.807, 2.05) is 36.1 Å². The number of pyridine rings is 1. The molecule has 3 amide bonds. The summed E-state index contributed by atoms with van der Waals surface area (Å²) in [6, 6.07) is 1.92. The number of nitrogens with two attached hydrogens (primary N) is 1. The molecule has 3 aliphatic rings. The van der Waals surface area contributed by atoms with E-state index in [2.05, 4.69) is 15.5 Å². The first-order valence-corrected chi connectivity index (χ1v) is 13.6. The Morgan fingerprint density at radius 1 is 1.31 bits per heavy atom. The van der Waals surface area contributed by atoms with Crippen LogP contribution in [0, 0.1) is 0 Å². The molecular formula is C26H26N7O8S+. The first kappa shape index (κ1) is 28.4. The molecule has 3 aliphatic heterocycles. The van der Waals surface area contributed by atoms with Gasteiger partial charge in [-0.05, 0) is 37.0 Å². The number of amides is 3. The van der Waals surface area contributed by atoms with Crippen molar-refractivity contribution in [3.8, 4) is 0 Å². The average molecular weight is 597 g/mol. The van der Waals surface area contributed by atoms with E-state index >= 15 is 0 Å². The SMILES string of the molecule is C[n+]1cccc(N2CC/C(=C\C3=C(C(=O)O)N4C(=O)[C@@H](NC(=O)/C(=N\OCC(=O)O)c5csc(N)n5)[C@H]4CC3)C2=O)c1. The number of carboxylic acids is 2. The molecule has 5 heterocycles. The van der Waals surface area contributed by atoms with Gasteiger partial charge in [0.2, 0.25) is 6.61 Å². The number of β-lactam (4-membered cyclic amide) rings is 1. The summed E-state index contributed by atoms with van der Waals surface area (Å²) in [5.41, 5.74) is 6.55. The van der Waals surface area contributed by atoms with E-state index in [0.717, 1.165) is 21.9 Å². The second-order valence-electron chi connectivity index (χ2n) is 9.73. The molecule has 5 N–H and O–H groups in total. The number of fused-ring (bicyclic) bond motifs is 1. The van der Waals surface area contributed by atoms with Crippen LogP contribution in [0.5, 0.6) is 0 Å². The lowest BCUT2D eigenvalue weighted by Crippen LogP contribution is -2.72. The third-order valence-electron chi connectivity index (χ3n) is 7.00. The number of aliphatic carboxylic acids is 2. The van der Waals surface area contributed by atoms with E-state index in [4.69, 9.17) is 15.7 Å². The van der Waals surface area contributed by atoms with Gasteiger partial charge in [0.15, 0.2) is 23.2 Å². The number of carbonyl (C=O) groups excluding carboxylic acids is 3. The Balaban J connectivity index is 1.34. The van der Waals surface area contributed by atoms with E-state index in [1.165, 1.54) is 5.38 Å². The van der Waals surface area contributed by atoms with E-state index < -0.39 is 42.4 Å². The van der Waals surface area contributed by atoms with Crippen molar-refractivity contribution in [1.29, 1.82) is 0 Å². The van der Waals surface area contributed by atoms with Gasteiger partial charge in [-0.25, -0.2) is 19.1 Å². The number of carboxylic acid groups (broad SMARTS) is 2. The minimum atomic E-state index is -1.33. The molecular weight excluding hydrogens is 570 g/mol. The molecule has 5 rings (SSSR count). The quantitative estimate of drug-likeness (QED) is 0.0963. The molecule has 0 spiro atoms. The normalized spacial score (nSPS) is 21.4. The molecule has 0 unspecified atom stereocenters. The van der Waals surface area contributed by atoms with Gasteiger partial charge in [0.05, 0.1) is 6.04 Å². The summed E-state index contributed by atoms with van der Waals surface area (Å²) in [5, 5.41) is 26.5. The fraction of sp³-hybridized carbons (Fsp3) is 0.308. The van der Waals surface area contributed by atoms with Gasteiger partial charge in [-0.1, -0.05) is 5.16 Å². The third kappa shape index (κ3) is 5.43. The molecule has 15 nitrogen and oxygen atoms in total. The Kier molecular flexibility index (Phi) is 7.71. The maximum atomic E-state index is 13.2. The first-order chi connectivity index (χ1) is 20.0. The number of nitrogens with one attached hydrogen (secondary N) is 1. The smallest absolute Gasteiger partial charge is 0.352 e. The number of hydrogen-bond acceptors (Lipinski definition) is 10. The zero-order valence-electron chi connectivity index (χ0n) is 22.2. The first-order valence-electron chi connectivity index (χ1n) is 12.8. The summed E-state index contributed by atoms with van der Waals surface area (Å²) in [6.45, 7) is -0.376. The predicted molar refractivity (Wildman–Crippen MR) is 146 cm³/mol. The van der Waals surface area contributed by atoms with Gasteiger partial charge in [0, 0.05) is 23.6 Å². The number of aromatic nitrogens is 2. The Hall–Kier alpha value is -5.12. The minimum absolute atomic E-state index is 0.0206. The summed E-state index contributed by atoms with van der Waals surface area (Å²) in [5.74, 6) is -4.41. The molecule has 0 bridgehead atoms. The van der Waals surface area contributed by atoms with Gasteiger partial charge >= 0.3 is 11.9 Å². The number of nitrogen functional groups attached to an aromatic ring is 1. The fourth-order valence-corrected chi connectivity index (χ4v) is 5.68. The van der Waals surface area contributed by atoms with Crippen LogP contribution in [0.3, 0.4) is 0 Å². The van der Waals surface area contributed by atoms with Gasteiger partial charge < -0.3 is 31.0 Å². The van der Waals surface area contributed by atoms with Crippen molar-refractivity contribution in [2.24, 2.45) is 12.2 Å². The number of carbonyl (C=O) groups is 5. The Morgan fingerprint density at radius 3 is 2.76 bits per heavy atom. The lowest BCUT2D eigenvalue weighted by Gasteiger charge is -2.50. The lowest BCUT2D eigenvalue weighted by atomic mass is 9.82. The number of aryl methyl sites for hydroxylation is 1. The summed E-state index contributed by atoms with van der Waals surface area (Å²) in [4.78, 5) is 73.9. The number of oxime groups is 1. The Labute approximate surface area is 242 Å². The highest BCUT2D eigenvalue weighted by molar-refractivity contribution is 7.13. The van der Waals surface area contributed by atoms with Crippen molar-refractivity contribution < 1.29 is 43.6 Å². The van der Waals surface area contributed by atoms with Crippen molar-refractivity contribution >= 4 is 57.5 Å². The zero-order valence-corrected chi connectivity index (χ0v) is 23.0. The molecule has 0 saturated carbocycles. The van der Waals surface area contributed by atoms with E-state index in [9.17, 15) is 29.1 Å². The van der Waals surface area contributed by atoms with Crippen LogP contribution in [0.4, 0.5) is 10.8 Å². The minimum Gasteiger partial charge on any atom is -0.479 e. The van der Waals surface area contributed by atoms with E-state index in [1.54, 1.807) is 11.0 Å². The van der Waals surface area contributed by atoms with Crippen molar-refractivity contribution in [3.05, 3.63) is 58.5 Å². The predicted octanol–water partition coefficient (Wildman–Crippen LogP) is -0.453. The average Bonchev–Trinajstić information content (AvgIpc) is 3.54. The number of nitrogens with zero attached hydrogens (tertiary/aromatic N) is 5. The second kappa shape index (κ2) is 11.4. The van der Waals surface area contributed by atoms with Crippen LogP contribution in [0.25, 0.3) is 0 Å².